The molecule has 0 spiro atoms. The Morgan fingerprint density at radius 2 is 2.07 bits per heavy atom. The zero-order chi connectivity index (χ0) is 20.8. The maximum absolute atomic E-state index is 13.5. The third kappa shape index (κ3) is 5.47. The number of carbonyl (C=O) groups is 1. The number of fused-ring (bicyclic) bond motifs is 1. The SMILES string of the molecule is Cc1cc(CN=C(NCC(=O)N(C)C)NC2CCOc3ccccc32)ccc1F. The van der Waals surface area contributed by atoms with Gasteiger partial charge in [0.2, 0.25) is 5.91 Å². The molecule has 0 fully saturated rings. The summed E-state index contributed by atoms with van der Waals surface area (Å²) >= 11 is 0. The van der Waals surface area contributed by atoms with E-state index in [0.29, 0.717) is 24.7 Å². The Kier molecular flexibility index (Phi) is 6.69. The molecule has 0 saturated carbocycles. The Bertz CT molecular complexity index is 898. The van der Waals surface area contributed by atoms with Gasteiger partial charge in [0.05, 0.1) is 25.7 Å². The van der Waals surface area contributed by atoms with Gasteiger partial charge >= 0.3 is 0 Å². The number of rotatable bonds is 5. The van der Waals surface area contributed by atoms with Gasteiger partial charge in [-0.2, -0.15) is 0 Å². The lowest BCUT2D eigenvalue weighted by Gasteiger charge is -2.28. The molecule has 2 aromatic rings. The van der Waals surface area contributed by atoms with Crippen molar-refractivity contribution in [3.8, 4) is 5.75 Å². The summed E-state index contributed by atoms with van der Waals surface area (Å²) in [6, 6.07) is 12.9. The summed E-state index contributed by atoms with van der Waals surface area (Å²) in [5, 5.41) is 6.52. The van der Waals surface area contributed by atoms with Gasteiger partial charge < -0.3 is 20.3 Å². The molecule has 1 atom stereocenters. The van der Waals surface area contributed by atoms with Gasteiger partial charge in [0, 0.05) is 26.1 Å². The zero-order valence-corrected chi connectivity index (χ0v) is 17.0. The number of aryl methyl sites for hydroxylation is 1. The van der Waals surface area contributed by atoms with E-state index in [-0.39, 0.29) is 24.3 Å². The summed E-state index contributed by atoms with van der Waals surface area (Å²) in [5.41, 5.74) is 2.54. The minimum Gasteiger partial charge on any atom is -0.493 e. The number of benzene rings is 2. The second-order valence-corrected chi connectivity index (χ2v) is 7.26. The predicted octanol–water partition coefficient (Wildman–Crippen LogP) is 2.78. The standard InChI is InChI=1S/C22H27FN4O2/c1-15-12-16(8-9-18(15)23)13-24-22(25-14-21(28)27(2)3)26-19-10-11-29-20-7-5-4-6-17(19)20/h4-9,12,19H,10-11,13-14H2,1-3H3,(H2,24,25,26). The first kappa shape index (κ1) is 20.6. The number of amides is 1. The lowest BCUT2D eigenvalue weighted by atomic mass is 10.0. The lowest BCUT2D eigenvalue weighted by molar-refractivity contribution is -0.127. The van der Waals surface area contributed by atoms with Crippen LogP contribution in [0.3, 0.4) is 0 Å². The fourth-order valence-corrected chi connectivity index (χ4v) is 3.10. The molecule has 6 nitrogen and oxygen atoms in total. The van der Waals surface area contributed by atoms with E-state index < -0.39 is 0 Å². The van der Waals surface area contributed by atoms with Crippen molar-refractivity contribution in [3.05, 3.63) is 65.0 Å². The molecule has 3 rings (SSSR count). The molecular weight excluding hydrogens is 371 g/mol. The van der Waals surface area contributed by atoms with Crippen LogP contribution in [0.5, 0.6) is 5.75 Å². The van der Waals surface area contributed by atoms with Crippen LogP contribution in [0.1, 0.15) is 29.2 Å². The molecule has 1 amide bonds. The fourth-order valence-electron chi connectivity index (χ4n) is 3.10. The maximum Gasteiger partial charge on any atom is 0.241 e. The molecule has 1 unspecified atom stereocenters. The molecule has 29 heavy (non-hydrogen) atoms. The molecule has 2 N–H and O–H groups in total. The van der Waals surface area contributed by atoms with Crippen LogP contribution in [0.15, 0.2) is 47.5 Å². The summed E-state index contributed by atoms with van der Waals surface area (Å²) in [4.78, 5) is 18.2. The molecule has 0 aromatic heterocycles. The normalized spacial score (nSPS) is 15.9. The van der Waals surface area contributed by atoms with E-state index in [1.807, 2.05) is 24.3 Å². The van der Waals surface area contributed by atoms with Crippen LogP contribution in [0, 0.1) is 12.7 Å². The highest BCUT2D eigenvalue weighted by Gasteiger charge is 2.22. The Balaban J connectivity index is 1.77. The van der Waals surface area contributed by atoms with Crippen LogP contribution >= 0.6 is 0 Å². The average molecular weight is 398 g/mol. The van der Waals surface area contributed by atoms with Gasteiger partial charge in [-0.3, -0.25) is 4.79 Å². The molecule has 2 aromatic carbocycles. The fraction of sp³-hybridized carbons (Fsp3) is 0.364. The number of nitrogens with one attached hydrogen (secondary N) is 2. The number of halogens is 1. The van der Waals surface area contributed by atoms with Gasteiger partial charge in [0.15, 0.2) is 5.96 Å². The van der Waals surface area contributed by atoms with Gasteiger partial charge in [-0.15, -0.1) is 0 Å². The van der Waals surface area contributed by atoms with E-state index in [1.54, 1.807) is 33.2 Å². The summed E-state index contributed by atoms with van der Waals surface area (Å²) in [7, 11) is 3.43. The molecule has 0 saturated heterocycles. The number of ether oxygens (including phenoxy) is 1. The van der Waals surface area contributed by atoms with Gasteiger partial charge in [-0.25, -0.2) is 9.38 Å². The van der Waals surface area contributed by atoms with Gasteiger partial charge in [0.1, 0.15) is 11.6 Å². The number of hydrogen-bond donors (Lipinski definition) is 2. The summed E-state index contributed by atoms with van der Waals surface area (Å²) < 4.78 is 19.2. The van der Waals surface area contributed by atoms with Crippen LogP contribution in [0.2, 0.25) is 0 Å². The van der Waals surface area contributed by atoms with Crippen molar-refractivity contribution in [3.63, 3.8) is 0 Å². The van der Waals surface area contributed by atoms with E-state index >= 15 is 0 Å². The molecule has 1 aliphatic heterocycles. The minimum absolute atomic E-state index is 0.0237. The highest BCUT2D eigenvalue weighted by molar-refractivity contribution is 5.86. The van der Waals surface area contributed by atoms with E-state index in [9.17, 15) is 9.18 Å². The Morgan fingerprint density at radius 3 is 2.83 bits per heavy atom. The van der Waals surface area contributed by atoms with Crippen molar-refractivity contribution in [2.45, 2.75) is 25.9 Å². The molecule has 154 valence electrons. The molecule has 1 aliphatic rings. The molecule has 7 heteroatoms. The maximum atomic E-state index is 13.5. The minimum atomic E-state index is -0.232. The summed E-state index contributed by atoms with van der Waals surface area (Å²) in [6.45, 7) is 2.84. The van der Waals surface area contributed by atoms with Crippen LogP contribution in [-0.2, 0) is 11.3 Å². The van der Waals surface area contributed by atoms with Gasteiger partial charge in [-0.1, -0.05) is 30.3 Å². The van der Waals surface area contributed by atoms with E-state index in [0.717, 1.165) is 23.3 Å². The first-order chi connectivity index (χ1) is 13.9. The van der Waals surface area contributed by atoms with Crippen molar-refractivity contribution in [1.29, 1.82) is 0 Å². The van der Waals surface area contributed by atoms with Crippen molar-refractivity contribution in [2.24, 2.45) is 4.99 Å². The third-order valence-electron chi connectivity index (χ3n) is 4.82. The topological polar surface area (TPSA) is 66.0 Å². The number of guanidine groups is 1. The van der Waals surface area contributed by atoms with Crippen LogP contribution in [-0.4, -0.2) is 44.0 Å². The number of carbonyl (C=O) groups excluding carboxylic acids is 1. The molecule has 0 aliphatic carbocycles. The Morgan fingerprint density at radius 1 is 1.28 bits per heavy atom. The highest BCUT2D eigenvalue weighted by Crippen LogP contribution is 2.31. The van der Waals surface area contributed by atoms with Crippen molar-refractivity contribution < 1.29 is 13.9 Å². The van der Waals surface area contributed by atoms with E-state index in [2.05, 4.69) is 15.6 Å². The summed E-state index contributed by atoms with van der Waals surface area (Å²) in [6.07, 6.45) is 0.787. The number of hydrogen-bond acceptors (Lipinski definition) is 3. The number of likely N-dealkylation sites (N-methyl/N-ethyl adjacent to an activating group) is 1. The Hall–Kier alpha value is -3.09. The monoisotopic (exact) mass is 398 g/mol. The second-order valence-electron chi connectivity index (χ2n) is 7.26. The largest absolute Gasteiger partial charge is 0.493 e. The average Bonchev–Trinajstić information content (AvgIpc) is 2.72. The van der Waals surface area contributed by atoms with E-state index in [4.69, 9.17) is 4.74 Å². The lowest BCUT2D eigenvalue weighted by Crippen LogP contribution is -2.45. The predicted molar refractivity (Wildman–Crippen MR) is 111 cm³/mol. The number of para-hydroxylation sites is 1. The van der Waals surface area contributed by atoms with Crippen molar-refractivity contribution >= 4 is 11.9 Å². The van der Waals surface area contributed by atoms with Gasteiger partial charge in [0.25, 0.3) is 0 Å². The zero-order valence-electron chi connectivity index (χ0n) is 17.0. The third-order valence-corrected chi connectivity index (χ3v) is 4.82. The van der Waals surface area contributed by atoms with Crippen LogP contribution in [0.25, 0.3) is 0 Å². The quantitative estimate of drug-likeness (QED) is 0.601. The van der Waals surface area contributed by atoms with Crippen molar-refractivity contribution in [2.75, 3.05) is 27.2 Å². The second kappa shape index (κ2) is 9.41. The van der Waals surface area contributed by atoms with Crippen LogP contribution in [0.4, 0.5) is 4.39 Å². The highest BCUT2D eigenvalue weighted by atomic mass is 19.1. The van der Waals surface area contributed by atoms with E-state index in [1.165, 1.54) is 11.0 Å². The first-order valence-electron chi connectivity index (χ1n) is 9.66. The molecule has 1 heterocycles. The molecule has 0 radical (unpaired) electrons. The number of aliphatic imine (C=N–C) groups is 1. The Labute approximate surface area is 170 Å². The van der Waals surface area contributed by atoms with Crippen LogP contribution < -0.4 is 15.4 Å². The van der Waals surface area contributed by atoms with Gasteiger partial charge in [-0.05, 0) is 30.2 Å². The molecule has 0 bridgehead atoms. The smallest absolute Gasteiger partial charge is 0.241 e. The number of nitrogens with zero attached hydrogens (tertiary/aromatic N) is 2. The summed E-state index contributed by atoms with van der Waals surface area (Å²) in [5.74, 6) is 1.10. The molecular formula is C22H27FN4O2. The van der Waals surface area contributed by atoms with Crippen molar-refractivity contribution in [1.82, 2.24) is 15.5 Å². The first-order valence-corrected chi connectivity index (χ1v) is 9.66.